The Morgan fingerprint density at radius 1 is 1.35 bits per heavy atom. The number of carboxylic acids is 1. The van der Waals surface area contributed by atoms with Gasteiger partial charge in [0.15, 0.2) is 0 Å². The van der Waals surface area contributed by atoms with Crippen molar-refractivity contribution in [2.75, 3.05) is 6.54 Å². The molecule has 10 heteroatoms. The van der Waals surface area contributed by atoms with Gasteiger partial charge in [-0.2, -0.15) is 5.10 Å². The Morgan fingerprint density at radius 2 is 2.00 bits per heavy atom. The van der Waals surface area contributed by atoms with E-state index in [1.165, 1.54) is 17.1 Å². The molecule has 1 aliphatic rings. The van der Waals surface area contributed by atoms with Crippen molar-refractivity contribution in [3.05, 3.63) is 12.4 Å². The van der Waals surface area contributed by atoms with E-state index in [0.717, 1.165) is 0 Å². The van der Waals surface area contributed by atoms with Gasteiger partial charge in [-0.1, -0.05) is 0 Å². The summed E-state index contributed by atoms with van der Waals surface area (Å²) < 4.78 is 27.5. The SMILES string of the molecule is Cn1cc(S(=O)(=O)NCC(=O)NC2CCC(C(=O)O)CC2)cn1. The molecule has 9 nitrogen and oxygen atoms in total. The molecule has 128 valence electrons. The van der Waals surface area contributed by atoms with E-state index in [-0.39, 0.29) is 23.4 Å². The predicted molar refractivity (Wildman–Crippen MR) is 79.9 cm³/mol. The van der Waals surface area contributed by atoms with Crippen LogP contribution in [0.2, 0.25) is 0 Å². The number of hydrogen-bond acceptors (Lipinski definition) is 5. The fourth-order valence-corrected chi connectivity index (χ4v) is 3.51. The van der Waals surface area contributed by atoms with Gasteiger partial charge in [-0.05, 0) is 25.7 Å². The molecule has 1 aromatic rings. The second kappa shape index (κ2) is 7.09. The van der Waals surface area contributed by atoms with Gasteiger partial charge in [0, 0.05) is 19.3 Å². The monoisotopic (exact) mass is 344 g/mol. The maximum absolute atomic E-state index is 12.0. The largest absolute Gasteiger partial charge is 0.481 e. The molecule has 0 aromatic carbocycles. The summed E-state index contributed by atoms with van der Waals surface area (Å²) >= 11 is 0. The van der Waals surface area contributed by atoms with Gasteiger partial charge in [0.2, 0.25) is 15.9 Å². The van der Waals surface area contributed by atoms with Crippen LogP contribution in [0.25, 0.3) is 0 Å². The Kier molecular flexibility index (Phi) is 5.37. The predicted octanol–water partition coefficient (Wildman–Crippen LogP) is -0.542. The first-order valence-electron chi connectivity index (χ1n) is 7.28. The molecule has 0 atom stereocenters. The van der Waals surface area contributed by atoms with E-state index in [2.05, 4.69) is 15.1 Å². The van der Waals surface area contributed by atoms with E-state index < -0.39 is 21.9 Å². The van der Waals surface area contributed by atoms with Gasteiger partial charge in [-0.15, -0.1) is 0 Å². The van der Waals surface area contributed by atoms with Crippen molar-refractivity contribution < 1.29 is 23.1 Å². The number of carbonyl (C=O) groups is 2. The first kappa shape index (κ1) is 17.4. The van der Waals surface area contributed by atoms with Crippen molar-refractivity contribution in [3.8, 4) is 0 Å². The minimum Gasteiger partial charge on any atom is -0.481 e. The van der Waals surface area contributed by atoms with Crippen molar-refractivity contribution >= 4 is 21.9 Å². The summed E-state index contributed by atoms with van der Waals surface area (Å²) in [5, 5.41) is 15.4. The quantitative estimate of drug-likeness (QED) is 0.635. The highest BCUT2D eigenvalue weighted by atomic mass is 32.2. The highest BCUT2D eigenvalue weighted by Crippen LogP contribution is 2.24. The molecule has 1 fully saturated rings. The smallest absolute Gasteiger partial charge is 0.306 e. The zero-order chi connectivity index (χ0) is 17.0. The van der Waals surface area contributed by atoms with Gasteiger partial charge in [0.1, 0.15) is 4.90 Å². The van der Waals surface area contributed by atoms with Crippen LogP contribution in [0, 0.1) is 5.92 Å². The van der Waals surface area contributed by atoms with Crippen LogP contribution in [0.15, 0.2) is 17.3 Å². The molecule has 2 rings (SSSR count). The van der Waals surface area contributed by atoms with Crippen LogP contribution in [0.1, 0.15) is 25.7 Å². The van der Waals surface area contributed by atoms with Gasteiger partial charge in [-0.3, -0.25) is 14.3 Å². The highest BCUT2D eigenvalue weighted by molar-refractivity contribution is 7.89. The number of nitrogens with one attached hydrogen (secondary N) is 2. The van der Waals surface area contributed by atoms with Gasteiger partial charge in [-0.25, -0.2) is 13.1 Å². The number of carbonyl (C=O) groups excluding carboxylic acids is 1. The molecule has 1 heterocycles. The molecule has 1 amide bonds. The normalized spacial score (nSPS) is 21.8. The summed E-state index contributed by atoms with van der Waals surface area (Å²) in [6, 6.07) is -0.110. The van der Waals surface area contributed by atoms with Crippen LogP contribution < -0.4 is 10.0 Å². The van der Waals surface area contributed by atoms with E-state index >= 15 is 0 Å². The minimum atomic E-state index is -3.77. The number of aromatic nitrogens is 2. The second-order valence-electron chi connectivity index (χ2n) is 5.63. The van der Waals surface area contributed by atoms with Crippen LogP contribution in [0.4, 0.5) is 0 Å². The van der Waals surface area contributed by atoms with Gasteiger partial charge in [0.25, 0.3) is 0 Å². The summed E-state index contributed by atoms with van der Waals surface area (Å²) in [7, 11) is -2.17. The standard InChI is InChI=1S/C13H20N4O5S/c1-17-8-11(6-14-17)23(21,22)15-7-12(18)16-10-4-2-9(3-5-10)13(19)20/h6,8-10,15H,2-5,7H2,1H3,(H,16,18)(H,19,20). The van der Waals surface area contributed by atoms with E-state index in [9.17, 15) is 18.0 Å². The lowest BCUT2D eigenvalue weighted by Crippen LogP contribution is -2.43. The van der Waals surface area contributed by atoms with Crippen molar-refractivity contribution in [1.29, 1.82) is 0 Å². The lowest BCUT2D eigenvalue weighted by Gasteiger charge is -2.26. The second-order valence-corrected chi connectivity index (χ2v) is 7.40. The van der Waals surface area contributed by atoms with Crippen molar-refractivity contribution in [3.63, 3.8) is 0 Å². The third kappa shape index (κ3) is 4.76. The highest BCUT2D eigenvalue weighted by Gasteiger charge is 2.27. The maximum atomic E-state index is 12.0. The Balaban J connectivity index is 1.78. The molecule has 1 saturated carbocycles. The van der Waals surface area contributed by atoms with E-state index in [0.29, 0.717) is 25.7 Å². The molecule has 0 spiro atoms. The zero-order valence-corrected chi connectivity index (χ0v) is 13.5. The number of aryl methyl sites for hydroxylation is 1. The van der Waals surface area contributed by atoms with Crippen LogP contribution in [0.5, 0.6) is 0 Å². The van der Waals surface area contributed by atoms with Gasteiger partial charge < -0.3 is 10.4 Å². The average Bonchev–Trinajstić information content (AvgIpc) is 2.93. The van der Waals surface area contributed by atoms with E-state index in [1.54, 1.807) is 7.05 Å². The van der Waals surface area contributed by atoms with Crippen molar-refractivity contribution in [1.82, 2.24) is 19.8 Å². The Morgan fingerprint density at radius 3 is 2.52 bits per heavy atom. The zero-order valence-electron chi connectivity index (χ0n) is 12.7. The van der Waals surface area contributed by atoms with E-state index in [4.69, 9.17) is 5.11 Å². The number of hydrogen-bond donors (Lipinski definition) is 3. The topological polar surface area (TPSA) is 130 Å². The molecule has 0 radical (unpaired) electrons. The lowest BCUT2D eigenvalue weighted by atomic mass is 9.86. The lowest BCUT2D eigenvalue weighted by molar-refractivity contribution is -0.142. The minimum absolute atomic E-state index is 0.00485. The third-order valence-corrected chi connectivity index (χ3v) is 5.21. The molecular formula is C13H20N4O5S. The maximum Gasteiger partial charge on any atom is 0.306 e. The first-order valence-corrected chi connectivity index (χ1v) is 8.77. The van der Waals surface area contributed by atoms with Crippen molar-refractivity contribution in [2.45, 2.75) is 36.6 Å². The molecule has 0 bridgehead atoms. The van der Waals surface area contributed by atoms with Crippen LogP contribution in [0.3, 0.4) is 0 Å². The Bertz CT molecular complexity index is 676. The molecular weight excluding hydrogens is 324 g/mol. The van der Waals surface area contributed by atoms with Crippen LogP contribution in [-0.2, 0) is 26.7 Å². The van der Waals surface area contributed by atoms with Gasteiger partial charge >= 0.3 is 5.97 Å². The Labute approximate surface area is 134 Å². The molecule has 0 aliphatic heterocycles. The summed E-state index contributed by atoms with van der Waals surface area (Å²) in [5.41, 5.74) is 0. The summed E-state index contributed by atoms with van der Waals surface area (Å²) in [6.45, 7) is -0.365. The molecule has 0 unspecified atom stereocenters. The first-order chi connectivity index (χ1) is 10.8. The number of aliphatic carboxylic acids is 1. The number of sulfonamides is 1. The number of amides is 1. The fourth-order valence-electron chi connectivity index (χ4n) is 2.54. The fraction of sp³-hybridized carbons (Fsp3) is 0.615. The van der Waals surface area contributed by atoms with E-state index in [1.807, 2.05) is 0 Å². The summed E-state index contributed by atoms with van der Waals surface area (Å²) in [4.78, 5) is 22.7. The van der Waals surface area contributed by atoms with Crippen molar-refractivity contribution in [2.24, 2.45) is 13.0 Å². The Hall–Kier alpha value is -1.94. The van der Waals surface area contributed by atoms with Gasteiger partial charge in [0.05, 0.1) is 18.7 Å². The van der Waals surface area contributed by atoms with Crippen LogP contribution >= 0.6 is 0 Å². The molecule has 23 heavy (non-hydrogen) atoms. The number of carboxylic acid groups (broad SMARTS) is 1. The molecule has 3 N–H and O–H groups in total. The third-order valence-electron chi connectivity index (χ3n) is 3.86. The molecule has 1 aromatic heterocycles. The molecule has 0 saturated heterocycles. The molecule has 1 aliphatic carbocycles. The van der Waals surface area contributed by atoms with Crippen LogP contribution in [-0.4, -0.2) is 47.8 Å². The number of nitrogens with zero attached hydrogens (tertiary/aromatic N) is 2. The summed E-state index contributed by atoms with van der Waals surface area (Å²) in [6.07, 6.45) is 4.74. The average molecular weight is 344 g/mol. The summed E-state index contributed by atoms with van der Waals surface area (Å²) in [5.74, 6) is -1.59. The number of rotatable bonds is 6.